The topological polar surface area (TPSA) is 29.5 Å². The van der Waals surface area contributed by atoms with Crippen molar-refractivity contribution in [3.05, 3.63) is 0 Å². The number of hydrogen-bond acceptors (Lipinski definition) is 3. The first-order chi connectivity index (χ1) is 7.66. The second-order valence-electron chi connectivity index (χ2n) is 4.58. The van der Waals surface area contributed by atoms with Gasteiger partial charge in [0, 0.05) is 0 Å². The van der Waals surface area contributed by atoms with Gasteiger partial charge in [-0.25, -0.2) is 0 Å². The molecule has 0 bridgehead atoms. The molecule has 16 heavy (non-hydrogen) atoms. The van der Waals surface area contributed by atoms with Gasteiger partial charge in [-0.2, -0.15) is 0 Å². The Morgan fingerprint density at radius 2 is 1.56 bits per heavy atom. The van der Waals surface area contributed by atoms with Crippen LogP contribution in [0, 0.1) is 0 Å². The lowest BCUT2D eigenvalue weighted by Crippen LogP contribution is -2.23. The molecule has 0 radical (unpaired) electrons. The molecule has 0 heterocycles. The second-order valence-corrected chi connectivity index (χ2v) is 4.58. The molecule has 0 rings (SSSR count). The van der Waals surface area contributed by atoms with Gasteiger partial charge in [0.25, 0.3) is 0 Å². The molecule has 0 aromatic heterocycles. The Labute approximate surface area is 100 Å². The molecule has 0 aromatic carbocycles. The van der Waals surface area contributed by atoms with Crippen LogP contribution in [0.15, 0.2) is 0 Å². The fourth-order valence-corrected chi connectivity index (χ4v) is 1.55. The van der Waals surface area contributed by atoms with Crippen LogP contribution < -0.4 is 0 Å². The zero-order valence-electron chi connectivity index (χ0n) is 11.1. The van der Waals surface area contributed by atoms with Crippen molar-refractivity contribution >= 4 is 5.97 Å². The van der Waals surface area contributed by atoms with E-state index in [4.69, 9.17) is 4.74 Å². The van der Waals surface area contributed by atoms with Gasteiger partial charge in [0.05, 0.1) is 13.2 Å². The number of carbonyl (C=O) groups excluding carboxylic acids is 1. The van der Waals surface area contributed by atoms with Crippen LogP contribution >= 0.6 is 0 Å². The molecule has 0 amide bonds. The van der Waals surface area contributed by atoms with Crippen molar-refractivity contribution < 1.29 is 9.53 Å². The molecule has 0 fully saturated rings. The molecule has 3 heteroatoms. The fraction of sp³-hybridized carbons (Fsp3) is 0.923. The third-order valence-electron chi connectivity index (χ3n) is 2.46. The quantitative estimate of drug-likeness (QED) is 0.426. The molecule has 96 valence electrons. The molecular formula is C13H27NO2. The van der Waals surface area contributed by atoms with E-state index in [1.807, 2.05) is 19.0 Å². The van der Waals surface area contributed by atoms with E-state index in [2.05, 4.69) is 6.92 Å². The Morgan fingerprint density at radius 3 is 2.12 bits per heavy atom. The highest BCUT2D eigenvalue weighted by Crippen LogP contribution is 2.06. The number of carbonyl (C=O) groups is 1. The summed E-state index contributed by atoms with van der Waals surface area (Å²) in [7, 11) is 3.74. The van der Waals surface area contributed by atoms with E-state index >= 15 is 0 Å². The van der Waals surface area contributed by atoms with E-state index in [0.29, 0.717) is 13.2 Å². The van der Waals surface area contributed by atoms with Crippen LogP contribution in [0.25, 0.3) is 0 Å². The van der Waals surface area contributed by atoms with Gasteiger partial charge in [-0.3, -0.25) is 9.69 Å². The molecule has 0 spiro atoms. The third kappa shape index (κ3) is 11.5. The molecule has 0 aliphatic rings. The summed E-state index contributed by atoms with van der Waals surface area (Å²) in [6, 6.07) is 0. The zero-order chi connectivity index (χ0) is 12.2. The number of nitrogens with zero attached hydrogens (tertiary/aromatic N) is 1. The molecule has 0 aromatic rings. The summed E-state index contributed by atoms with van der Waals surface area (Å²) in [5.41, 5.74) is 0. The maximum atomic E-state index is 11.2. The molecule has 0 unspecified atom stereocenters. The highest BCUT2D eigenvalue weighted by atomic mass is 16.5. The second kappa shape index (κ2) is 10.9. The number of unbranched alkanes of at least 4 members (excludes halogenated alkanes) is 6. The Bertz CT molecular complexity index is 169. The fourth-order valence-electron chi connectivity index (χ4n) is 1.55. The van der Waals surface area contributed by atoms with Gasteiger partial charge in [-0.15, -0.1) is 0 Å². The minimum atomic E-state index is -0.115. The van der Waals surface area contributed by atoms with Gasteiger partial charge in [-0.1, -0.05) is 45.4 Å². The largest absolute Gasteiger partial charge is 0.465 e. The van der Waals surface area contributed by atoms with Gasteiger partial charge in [0.15, 0.2) is 0 Å². The first-order valence-electron chi connectivity index (χ1n) is 6.47. The van der Waals surface area contributed by atoms with Crippen LogP contribution in [0.5, 0.6) is 0 Å². The smallest absolute Gasteiger partial charge is 0.320 e. The van der Waals surface area contributed by atoms with Gasteiger partial charge in [-0.05, 0) is 20.5 Å². The number of likely N-dealkylation sites (N-methyl/N-ethyl adjacent to an activating group) is 1. The summed E-state index contributed by atoms with van der Waals surface area (Å²) in [5, 5.41) is 0. The van der Waals surface area contributed by atoms with Crippen molar-refractivity contribution in [3.63, 3.8) is 0 Å². The Kier molecular flexibility index (Phi) is 10.5. The predicted octanol–water partition coefficient (Wildman–Crippen LogP) is 2.84. The molecule has 0 saturated carbocycles. The van der Waals surface area contributed by atoms with Gasteiger partial charge >= 0.3 is 5.97 Å². The molecule has 0 atom stereocenters. The van der Waals surface area contributed by atoms with Crippen LogP contribution in [0.4, 0.5) is 0 Å². The Balaban J connectivity index is 3.11. The van der Waals surface area contributed by atoms with E-state index in [1.54, 1.807) is 0 Å². The van der Waals surface area contributed by atoms with Crippen molar-refractivity contribution in [2.75, 3.05) is 27.2 Å². The molecule has 0 N–H and O–H groups in total. The minimum absolute atomic E-state index is 0.115. The highest BCUT2D eigenvalue weighted by molar-refractivity contribution is 5.71. The maximum Gasteiger partial charge on any atom is 0.320 e. The highest BCUT2D eigenvalue weighted by Gasteiger charge is 2.03. The Hall–Kier alpha value is -0.570. The van der Waals surface area contributed by atoms with Gasteiger partial charge in [0.1, 0.15) is 0 Å². The summed E-state index contributed by atoms with van der Waals surface area (Å²) >= 11 is 0. The van der Waals surface area contributed by atoms with Gasteiger partial charge in [0.2, 0.25) is 0 Å². The van der Waals surface area contributed by atoms with E-state index in [1.165, 1.54) is 38.5 Å². The summed E-state index contributed by atoms with van der Waals surface area (Å²) in [4.78, 5) is 13.0. The maximum absolute atomic E-state index is 11.2. The van der Waals surface area contributed by atoms with E-state index in [9.17, 15) is 4.79 Å². The average molecular weight is 229 g/mol. The molecule has 0 saturated heterocycles. The van der Waals surface area contributed by atoms with E-state index in [-0.39, 0.29) is 5.97 Å². The lowest BCUT2D eigenvalue weighted by Gasteiger charge is -2.09. The first-order valence-corrected chi connectivity index (χ1v) is 6.47. The molecule has 0 aliphatic heterocycles. The lowest BCUT2D eigenvalue weighted by atomic mass is 10.1. The van der Waals surface area contributed by atoms with Crippen LogP contribution in [0.3, 0.4) is 0 Å². The SMILES string of the molecule is CCCCCCCCCOC(=O)CN(C)C. The van der Waals surface area contributed by atoms with Crippen molar-refractivity contribution in [3.8, 4) is 0 Å². The first kappa shape index (κ1) is 15.4. The average Bonchev–Trinajstić information content (AvgIpc) is 2.21. The van der Waals surface area contributed by atoms with Crippen molar-refractivity contribution in [2.45, 2.75) is 51.9 Å². The van der Waals surface area contributed by atoms with Crippen LogP contribution in [0.1, 0.15) is 51.9 Å². The number of hydrogen-bond donors (Lipinski definition) is 0. The monoisotopic (exact) mass is 229 g/mol. The van der Waals surface area contributed by atoms with Crippen LogP contribution in [-0.4, -0.2) is 38.1 Å². The standard InChI is InChI=1S/C13H27NO2/c1-4-5-6-7-8-9-10-11-16-13(15)12-14(2)3/h4-12H2,1-3H3. The van der Waals surface area contributed by atoms with Crippen LogP contribution in [-0.2, 0) is 9.53 Å². The number of ether oxygens (including phenoxy) is 1. The summed E-state index contributed by atoms with van der Waals surface area (Å²) in [5.74, 6) is -0.115. The van der Waals surface area contributed by atoms with Gasteiger partial charge < -0.3 is 4.74 Å². The van der Waals surface area contributed by atoms with Crippen molar-refractivity contribution in [1.29, 1.82) is 0 Å². The summed E-state index contributed by atoms with van der Waals surface area (Å²) < 4.78 is 5.10. The Morgan fingerprint density at radius 1 is 1.00 bits per heavy atom. The normalized spacial score (nSPS) is 10.8. The van der Waals surface area contributed by atoms with E-state index < -0.39 is 0 Å². The van der Waals surface area contributed by atoms with Crippen LogP contribution in [0.2, 0.25) is 0 Å². The minimum Gasteiger partial charge on any atom is -0.465 e. The number of rotatable bonds is 10. The predicted molar refractivity (Wildman–Crippen MR) is 67.5 cm³/mol. The number of esters is 1. The molecule has 0 aliphatic carbocycles. The zero-order valence-corrected chi connectivity index (χ0v) is 11.1. The van der Waals surface area contributed by atoms with E-state index in [0.717, 1.165) is 6.42 Å². The molecule has 3 nitrogen and oxygen atoms in total. The third-order valence-corrected chi connectivity index (χ3v) is 2.46. The summed E-state index contributed by atoms with van der Waals surface area (Å²) in [6.07, 6.45) is 8.76. The lowest BCUT2D eigenvalue weighted by molar-refractivity contribution is -0.144. The van der Waals surface area contributed by atoms with Crippen molar-refractivity contribution in [1.82, 2.24) is 4.90 Å². The van der Waals surface area contributed by atoms with Crippen molar-refractivity contribution in [2.24, 2.45) is 0 Å². The summed E-state index contributed by atoms with van der Waals surface area (Å²) in [6.45, 7) is 3.20. The molecular weight excluding hydrogens is 202 g/mol.